The van der Waals surface area contributed by atoms with Crippen molar-refractivity contribution in [1.82, 2.24) is 9.88 Å². The van der Waals surface area contributed by atoms with Crippen molar-refractivity contribution in [3.63, 3.8) is 0 Å². The van der Waals surface area contributed by atoms with Crippen LogP contribution in [0, 0.1) is 5.82 Å². The molecule has 3 N–H and O–H groups in total. The largest absolute Gasteiger partial charge is 0.481 e. The van der Waals surface area contributed by atoms with Crippen molar-refractivity contribution in [3.05, 3.63) is 69.1 Å². The van der Waals surface area contributed by atoms with Crippen molar-refractivity contribution < 1.29 is 24.2 Å². The number of aliphatic hydroxyl groups is 1. The van der Waals surface area contributed by atoms with Gasteiger partial charge in [-0.2, -0.15) is 0 Å². The molecule has 0 aliphatic rings. The molecule has 6 nitrogen and oxygen atoms in total. The minimum Gasteiger partial charge on any atom is -0.481 e. The number of carboxylic acid groups (broad SMARTS) is 1. The van der Waals surface area contributed by atoms with Crippen molar-refractivity contribution in [1.29, 1.82) is 0 Å². The molecule has 1 aromatic heterocycles. The van der Waals surface area contributed by atoms with Gasteiger partial charge in [0.2, 0.25) is 0 Å². The van der Waals surface area contributed by atoms with Gasteiger partial charge in [-0.1, -0.05) is 35.3 Å². The molecule has 2 aromatic carbocycles. The maximum atomic E-state index is 14.4. The van der Waals surface area contributed by atoms with Gasteiger partial charge in [0.05, 0.1) is 29.1 Å². The number of carbonyl (C=O) groups is 2. The molecule has 0 bridgehead atoms. The summed E-state index contributed by atoms with van der Waals surface area (Å²) in [5, 5.41) is 22.4. The summed E-state index contributed by atoms with van der Waals surface area (Å²) < 4.78 is 16.1. The summed E-state index contributed by atoms with van der Waals surface area (Å²) >= 11 is 12.2. The van der Waals surface area contributed by atoms with E-state index in [1.807, 2.05) is 0 Å². The number of halogens is 3. The number of nitrogens with zero attached hydrogens (tertiary/aromatic N) is 1. The molecule has 0 radical (unpaired) electrons. The molecule has 0 spiro atoms. The number of amides is 1. The first-order valence-electron chi connectivity index (χ1n) is 8.58. The van der Waals surface area contributed by atoms with Crippen LogP contribution >= 0.6 is 23.2 Å². The molecule has 9 heteroatoms. The topological polar surface area (TPSA) is 91.6 Å². The van der Waals surface area contributed by atoms with Crippen LogP contribution in [0.1, 0.15) is 27.7 Å². The first kappa shape index (κ1) is 21.1. The summed E-state index contributed by atoms with van der Waals surface area (Å²) in [4.78, 5) is 23.5. The zero-order valence-electron chi connectivity index (χ0n) is 15.2. The third kappa shape index (κ3) is 4.22. The molecule has 3 rings (SSSR count). The first-order chi connectivity index (χ1) is 13.7. The number of aliphatic hydroxyl groups excluding tert-OH is 1. The van der Waals surface area contributed by atoms with Crippen LogP contribution in [-0.2, 0) is 18.3 Å². The summed E-state index contributed by atoms with van der Waals surface area (Å²) in [6.45, 7) is -0.544. The van der Waals surface area contributed by atoms with Crippen LogP contribution in [-0.4, -0.2) is 33.3 Å². The summed E-state index contributed by atoms with van der Waals surface area (Å²) in [6.07, 6.45) is -0.327. The molecule has 1 heterocycles. The third-order valence-corrected chi connectivity index (χ3v) is 5.45. The van der Waals surface area contributed by atoms with E-state index in [4.69, 9.17) is 28.3 Å². The molecule has 0 unspecified atom stereocenters. The molecule has 0 aliphatic heterocycles. The number of carbonyl (C=O) groups excluding carboxylic acids is 1. The summed E-state index contributed by atoms with van der Waals surface area (Å²) in [7, 11) is 1.68. The van der Waals surface area contributed by atoms with Gasteiger partial charge in [0.15, 0.2) is 0 Å². The predicted octanol–water partition coefficient (Wildman–Crippen LogP) is 3.71. The number of aliphatic carboxylic acids is 1. The number of benzene rings is 2. The highest BCUT2D eigenvalue weighted by molar-refractivity contribution is 6.45. The Morgan fingerprint density at radius 1 is 1.21 bits per heavy atom. The maximum absolute atomic E-state index is 14.4. The lowest BCUT2D eigenvalue weighted by molar-refractivity contribution is -0.136. The number of hydrogen-bond acceptors (Lipinski definition) is 3. The molecular weight excluding hydrogens is 422 g/mol. The molecule has 1 amide bonds. The average Bonchev–Trinajstić information content (AvgIpc) is 3.00. The lowest BCUT2D eigenvalue weighted by Crippen LogP contribution is -2.32. The Morgan fingerprint density at radius 2 is 1.93 bits per heavy atom. The minimum atomic E-state index is -1.08. The van der Waals surface area contributed by atoms with Crippen molar-refractivity contribution in [2.24, 2.45) is 7.05 Å². The van der Waals surface area contributed by atoms with Crippen LogP contribution < -0.4 is 5.32 Å². The second-order valence-corrected chi connectivity index (χ2v) is 7.30. The van der Waals surface area contributed by atoms with Gasteiger partial charge in [0.25, 0.3) is 5.91 Å². The number of rotatable bonds is 6. The average molecular weight is 439 g/mol. The monoisotopic (exact) mass is 438 g/mol. The van der Waals surface area contributed by atoms with Crippen LogP contribution in [0.3, 0.4) is 0 Å². The Labute approximate surface area is 175 Å². The molecule has 3 aromatic rings. The van der Waals surface area contributed by atoms with Crippen molar-refractivity contribution >= 4 is 46.0 Å². The van der Waals surface area contributed by atoms with Crippen molar-refractivity contribution in [2.45, 2.75) is 12.5 Å². The third-order valence-electron chi connectivity index (χ3n) is 4.63. The number of hydrogen-bond donors (Lipinski definition) is 3. The molecule has 0 saturated carbocycles. The zero-order chi connectivity index (χ0) is 21.3. The van der Waals surface area contributed by atoms with Crippen LogP contribution in [0.4, 0.5) is 4.39 Å². The van der Waals surface area contributed by atoms with Gasteiger partial charge in [-0.25, -0.2) is 4.39 Å². The first-order valence-corrected chi connectivity index (χ1v) is 9.33. The van der Waals surface area contributed by atoms with E-state index in [2.05, 4.69) is 5.32 Å². The lowest BCUT2D eigenvalue weighted by Gasteiger charge is -2.18. The van der Waals surface area contributed by atoms with Gasteiger partial charge in [-0.05, 0) is 29.8 Å². The highest BCUT2D eigenvalue weighted by atomic mass is 35.5. The van der Waals surface area contributed by atoms with E-state index in [1.54, 1.807) is 29.8 Å². The number of nitrogens with one attached hydrogen (secondary N) is 1. The number of carboxylic acids is 1. The van der Waals surface area contributed by atoms with E-state index in [-0.39, 0.29) is 23.2 Å². The predicted molar refractivity (Wildman–Crippen MR) is 108 cm³/mol. The molecule has 152 valence electrons. The Morgan fingerprint density at radius 3 is 2.55 bits per heavy atom. The van der Waals surface area contributed by atoms with E-state index in [9.17, 15) is 19.1 Å². The smallest absolute Gasteiger partial charge is 0.307 e. The van der Waals surface area contributed by atoms with Crippen molar-refractivity contribution in [3.8, 4) is 0 Å². The van der Waals surface area contributed by atoms with E-state index in [0.29, 0.717) is 20.9 Å². The quantitative estimate of drug-likeness (QED) is 0.546. The van der Waals surface area contributed by atoms with Gasteiger partial charge >= 0.3 is 5.97 Å². The molecule has 0 fully saturated rings. The SMILES string of the molecule is Cn1c(C(=O)N[C@H](CO)c2ccc(CC(=O)O)cc2F)cc2c(Cl)c(Cl)ccc21. The molecule has 0 aliphatic carbocycles. The number of aryl methyl sites for hydroxylation is 1. The highest BCUT2D eigenvalue weighted by Gasteiger charge is 2.22. The standard InChI is InChI=1S/C20H17Cl2FN2O4/c1-25-16-5-4-13(21)19(22)12(16)8-17(25)20(29)24-15(9-26)11-3-2-10(6-14(11)23)7-18(27)28/h2-6,8,15,26H,7,9H2,1H3,(H,24,29)(H,27,28)/t15-/m1/s1. The van der Waals surface area contributed by atoms with E-state index >= 15 is 0 Å². The summed E-state index contributed by atoms with van der Waals surface area (Å²) in [5.74, 6) is -2.34. The minimum absolute atomic E-state index is 0.0508. The fraction of sp³-hybridized carbons (Fsp3) is 0.200. The van der Waals surface area contributed by atoms with E-state index in [1.165, 1.54) is 12.1 Å². The molecule has 0 saturated heterocycles. The number of fused-ring (bicyclic) bond motifs is 1. The molecule has 1 atom stereocenters. The van der Waals surface area contributed by atoms with Gasteiger partial charge in [-0.3, -0.25) is 9.59 Å². The normalized spacial score (nSPS) is 12.2. The second-order valence-electron chi connectivity index (χ2n) is 6.52. The van der Waals surface area contributed by atoms with Crippen molar-refractivity contribution in [2.75, 3.05) is 6.61 Å². The Balaban J connectivity index is 1.89. The van der Waals surface area contributed by atoms with Crippen LogP contribution in [0.5, 0.6) is 0 Å². The van der Waals surface area contributed by atoms with Gasteiger partial charge < -0.3 is 20.1 Å². The van der Waals surface area contributed by atoms with Crippen LogP contribution in [0.25, 0.3) is 10.9 Å². The zero-order valence-corrected chi connectivity index (χ0v) is 16.8. The van der Waals surface area contributed by atoms with Crippen LogP contribution in [0.15, 0.2) is 36.4 Å². The van der Waals surface area contributed by atoms with Crippen LogP contribution in [0.2, 0.25) is 10.0 Å². The van der Waals surface area contributed by atoms with E-state index in [0.717, 1.165) is 6.07 Å². The fourth-order valence-electron chi connectivity index (χ4n) is 3.16. The maximum Gasteiger partial charge on any atom is 0.307 e. The second kappa shape index (κ2) is 8.41. The Kier molecular flexibility index (Phi) is 6.12. The Hall–Kier alpha value is -2.61. The highest BCUT2D eigenvalue weighted by Crippen LogP contribution is 2.32. The Bertz CT molecular complexity index is 1110. The van der Waals surface area contributed by atoms with E-state index < -0.39 is 30.3 Å². The number of aromatic nitrogens is 1. The molecule has 29 heavy (non-hydrogen) atoms. The van der Waals surface area contributed by atoms with Gasteiger partial charge in [-0.15, -0.1) is 0 Å². The molecular formula is C20H17Cl2FN2O4. The summed E-state index contributed by atoms with van der Waals surface area (Å²) in [5.41, 5.74) is 1.27. The lowest BCUT2D eigenvalue weighted by atomic mass is 10.0. The van der Waals surface area contributed by atoms with Gasteiger partial charge in [0.1, 0.15) is 11.5 Å². The fourth-order valence-corrected chi connectivity index (χ4v) is 3.54. The van der Waals surface area contributed by atoms with Gasteiger partial charge in [0, 0.05) is 23.5 Å². The summed E-state index contributed by atoms with van der Waals surface area (Å²) in [6, 6.07) is 7.78.